The first-order valence-electron chi connectivity index (χ1n) is 8.46. The van der Waals surface area contributed by atoms with Crippen LogP contribution >= 0.6 is 0 Å². The van der Waals surface area contributed by atoms with Crippen molar-refractivity contribution in [1.82, 2.24) is 5.32 Å². The van der Waals surface area contributed by atoms with Crippen LogP contribution in [-0.4, -0.2) is 5.91 Å². The molecule has 0 heterocycles. The zero-order chi connectivity index (χ0) is 16.9. The molecule has 3 rings (SSSR count). The Morgan fingerprint density at radius 3 is 2.58 bits per heavy atom. The van der Waals surface area contributed by atoms with E-state index in [-0.39, 0.29) is 11.9 Å². The van der Waals surface area contributed by atoms with Gasteiger partial charge in [-0.3, -0.25) is 4.79 Å². The van der Waals surface area contributed by atoms with Crippen molar-refractivity contribution in [2.75, 3.05) is 0 Å². The van der Waals surface area contributed by atoms with Crippen LogP contribution in [0.2, 0.25) is 0 Å². The maximum atomic E-state index is 12.3. The SMILES string of the molecule is Cc1cccc(CCC(=O)NC(C)c2cccc3ccccc23)c1. The Bertz CT molecular complexity index is 848. The molecule has 0 saturated heterocycles. The predicted molar refractivity (Wildman–Crippen MR) is 100 cm³/mol. The van der Waals surface area contributed by atoms with Gasteiger partial charge in [-0.2, -0.15) is 0 Å². The fraction of sp³-hybridized carbons (Fsp3) is 0.227. The Morgan fingerprint density at radius 2 is 1.75 bits per heavy atom. The van der Waals surface area contributed by atoms with Crippen molar-refractivity contribution in [2.24, 2.45) is 0 Å². The molecule has 0 aliphatic carbocycles. The van der Waals surface area contributed by atoms with E-state index in [1.54, 1.807) is 0 Å². The van der Waals surface area contributed by atoms with E-state index in [4.69, 9.17) is 0 Å². The Balaban J connectivity index is 1.65. The largest absolute Gasteiger partial charge is 0.350 e. The van der Waals surface area contributed by atoms with Gasteiger partial charge in [0.1, 0.15) is 0 Å². The molecule has 0 aliphatic heterocycles. The normalized spacial score (nSPS) is 12.1. The fourth-order valence-electron chi connectivity index (χ4n) is 3.14. The second kappa shape index (κ2) is 7.31. The summed E-state index contributed by atoms with van der Waals surface area (Å²) in [7, 11) is 0. The minimum absolute atomic E-state index is 0.00103. The van der Waals surface area contributed by atoms with Crippen LogP contribution in [0.1, 0.15) is 36.1 Å². The summed E-state index contributed by atoms with van der Waals surface area (Å²) in [5, 5.41) is 5.54. The minimum atomic E-state index is 0.00103. The molecule has 1 unspecified atom stereocenters. The Labute approximate surface area is 143 Å². The minimum Gasteiger partial charge on any atom is -0.350 e. The molecule has 0 bridgehead atoms. The highest BCUT2D eigenvalue weighted by molar-refractivity contribution is 5.86. The van der Waals surface area contributed by atoms with Gasteiger partial charge in [-0.25, -0.2) is 0 Å². The van der Waals surface area contributed by atoms with Gasteiger partial charge in [0, 0.05) is 6.42 Å². The highest BCUT2D eigenvalue weighted by Crippen LogP contribution is 2.24. The summed E-state index contributed by atoms with van der Waals surface area (Å²) in [6.07, 6.45) is 1.29. The molecule has 1 atom stereocenters. The first kappa shape index (κ1) is 16.3. The van der Waals surface area contributed by atoms with Gasteiger partial charge in [0.2, 0.25) is 5.91 Å². The Morgan fingerprint density at radius 1 is 1.00 bits per heavy atom. The molecule has 122 valence electrons. The van der Waals surface area contributed by atoms with Crippen molar-refractivity contribution in [2.45, 2.75) is 32.7 Å². The number of rotatable bonds is 5. The molecular formula is C22H23NO. The summed E-state index contributed by atoms with van der Waals surface area (Å²) in [6, 6.07) is 22.9. The molecule has 0 spiro atoms. The molecule has 2 nitrogen and oxygen atoms in total. The number of hydrogen-bond donors (Lipinski definition) is 1. The van der Waals surface area contributed by atoms with Gasteiger partial charge in [-0.1, -0.05) is 72.3 Å². The monoisotopic (exact) mass is 317 g/mol. The van der Waals surface area contributed by atoms with Crippen LogP contribution < -0.4 is 5.32 Å². The number of benzene rings is 3. The van der Waals surface area contributed by atoms with Crippen LogP contribution in [0.25, 0.3) is 10.8 Å². The molecule has 3 aromatic rings. The number of carbonyl (C=O) groups is 1. The Hall–Kier alpha value is -2.61. The molecule has 0 aromatic heterocycles. The van der Waals surface area contributed by atoms with Gasteiger partial charge in [0.25, 0.3) is 0 Å². The van der Waals surface area contributed by atoms with E-state index in [0.717, 1.165) is 12.0 Å². The number of amides is 1. The third kappa shape index (κ3) is 3.83. The lowest BCUT2D eigenvalue weighted by molar-refractivity contribution is -0.121. The maximum Gasteiger partial charge on any atom is 0.220 e. The number of carbonyl (C=O) groups excluding carboxylic acids is 1. The number of nitrogens with one attached hydrogen (secondary N) is 1. The highest BCUT2D eigenvalue weighted by Gasteiger charge is 2.12. The van der Waals surface area contributed by atoms with Crippen LogP contribution in [0.5, 0.6) is 0 Å². The number of fused-ring (bicyclic) bond motifs is 1. The van der Waals surface area contributed by atoms with Gasteiger partial charge in [-0.15, -0.1) is 0 Å². The third-order valence-corrected chi connectivity index (χ3v) is 4.39. The summed E-state index contributed by atoms with van der Waals surface area (Å²) >= 11 is 0. The summed E-state index contributed by atoms with van der Waals surface area (Å²) in [5.74, 6) is 0.0944. The Kier molecular flexibility index (Phi) is 4.95. The number of hydrogen-bond acceptors (Lipinski definition) is 1. The van der Waals surface area contributed by atoms with E-state index >= 15 is 0 Å². The van der Waals surface area contributed by atoms with Crippen molar-refractivity contribution < 1.29 is 4.79 Å². The summed E-state index contributed by atoms with van der Waals surface area (Å²) in [4.78, 5) is 12.3. The second-order valence-electron chi connectivity index (χ2n) is 6.35. The van der Waals surface area contributed by atoms with E-state index in [1.807, 2.05) is 31.2 Å². The van der Waals surface area contributed by atoms with Gasteiger partial charge in [-0.05, 0) is 42.2 Å². The van der Waals surface area contributed by atoms with Crippen LogP contribution in [0.4, 0.5) is 0 Å². The lowest BCUT2D eigenvalue weighted by Gasteiger charge is -2.16. The standard InChI is InChI=1S/C22H23NO/c1-16-7-5-8-18(15-16)13-14-22(24)23-17(2)20-12-6-10-19-9-3-4-11-21(19)20/h3-12,15,17H,13-14H2,1-2H3,(H,23,24). The van der Waals surface area contributed by atoms with Crippen molar-refractivity contribution in [1.29, 1.82) is 0 Å². The lowest BCUT2D eigenvalue weighted by Crippen LogP contribution is -2.26. The highest BCUT2D eigenvalue weighted by atomic mass is 16.1. The zero-order valence-corrected chi connectivity index (χ0v) is 14.3. The third-order valence-electron chi connectivity index (χ3n) is 4.39. The smallest absolute Gasteiger partial charge is 0.220 e. The van der Waals surface area contributed by atoms with Gasteiger partial charge >= 0.3 is 0 Å². The average Bonchev–Trinajstić information content (AvgIpc) is 2.59. The summed E-state index contributed by atoms with van der Waals surface area (Å²) < 4.78 is 0. The van der Waals surface area contributed by atoms with E-state index in [9.17, 15) is 4.79 Å². The molecule has 0 saturated carbocycles. The van der Waals surface area contributed by atoms with Gasteiger partial charge in [0.05, 0.1) is 6.04 Å². The van der Waals surface area contributed by atoms with Crippen molar-refractivity contribution >= 4 is 16.7 Å². The van der Waals surface area contributed by atoms with Crippen molar-refractivity contribution in [3.63, 3.8) is 0 Å². The molecule has 0 aliphatic rings. The molecule has 1 amide bonds. The molecule has 3 aromatic carbocycles. The molecule has 0 fully saturated rings. The van der Waals surface area contributed by atoms with Crippen molar-refractivity contribution in [3.05, 3.63) is 83.4 Å². The van der Waals surface area contributed by atoms with Crippen molar-refractivity contribution in [3.8, 4) is 0 Å². The average molecular weight is 317 g/mol. The molecule has 0 radical (unpaired) electrons. The quantitative estimate of drug-likeness (QED) is 0.708. The molecule has 2 heteroatoms. The number of aryl methyl sites for hydroxylation is 2. The maximum absolute atomic E-state index is 12.3. The molecule has 1 N–H and O–H groups in total. The second-order valence-corrected chi connectivity index (χ2v) is 6.35. The molecular weight excluding hydrogens is 294 g/mol. The van der Waals surface area contributed by atoms with Crippen LogP contribution in [0.3, 0.4) is 0 Å². The first-order chi connectivity index (χ1) is 11.6. The fourth-order valence-corrected chi connectivity index (χ4v) is 3.14. The van der Waals surface area contributed by atoms with Crippen LogP contribution in [-0.2, 0) is 11.2 Å². The van der Waals surface area contributed by atoms with E-state index in [1.165, 1.54) is 21.9 Å². The summed E-state index contributed by atoms with van der Waals surface area (Å²) in [6.45, 7) is 4.12. The van der Waals surface area contributed by atoms with Crippen LogP contribution in [0, 0.1) is 6.92 Å². The topological polar surface area (TPSA) is 29.1 Å². The first-order valence-corrected chi connectivity index (χ1v) is 8.46. The van der Waals surface area contributed by atoms with Crippen LogP contribution in [0.15, 0.2) is 66.7 Å². The van der Waals surface area contributed by atoms with Gasteiger partial charge < -0.3 is 5.32 Å². The zero-order valence-electron chi connectivity index (χ0n) is 14.3. The molecule has 24 heavy (non-hydrogen) atoms. The summed E-state index contributed by atoms with van der Waals surface area (Å²) in [5.41, 5.74) is 3.61. The lowest BCUT2D eigenvalue weighted by atomic mass is 9.99. The van der Waals surface area contributed by atoms with E-state index < -0.39 is 0 Å². The van der Waals surface area contributed by atoms with E-state index in [0.29, 0.717) is 6.42 Å². The predicted octanol–water partition coefficient (Wildman–Crippen LogP) is 4.96. The van der Waals surface area contributed by atoms with Gasteiger partial charge in [0.15, 0.2) is 0 Å². The van der Waals surface area contributed by atoms with E-state index in [2.05, 4.69) is 54.7 Å².